The van der Waals surface area contributed by atoms with Crippen molar-refractivity contribution in [3.05, 3.63) is 47.5 Å². The van der Waals surface area contributed by atoms with Gasteiger partial charge in [-0.05, 0) is 44.0 Å². The Labute approximate surface area is 141 Å². The van der Waals surface area contributed by atoms with Crippen LogP contribution >= 0.6 is 0 Å². The molecule has 1 atom stereocenters. The Balaban J connectivity index is 1.66. The van der Waals surface area contributed by atoms with Crippen LogP contribution in [0, 0.1) is 6.92 Å². The van der Waals surface area contributed by atoms with Gasteiger partial charge in [0.2, 0.25) is 0 Å². The second-order valence-electron chi connectivity index (χ2n) is 6.31. The number of carboxylic acid groups (broad SMARTS) is 1. The SMILES string of the molecule is Cc1cn(C)c([C@H]2CCCN2Cc2ccc(OCC(=O)O)cc2)n1. The summed E-state index contributed by atoms with van der Waals surface area (Å²) >= 11 is 0. The highest BCUT2D eigenvalue weighted by Crippen LogP contribution is 2.32. The summed E-state index contributed by atoms with van der Waals surface area (Å²) in [5.41, 5.74) is 2.25. The summed E-state index contributed by atoms with van der Waals surface area (Å²) in [6.07, 6.45) is 4.38. The quantitative estimate of drug-likeness (QED) is 0.882. The zero-order valence-electron chi connectivity index (χ0n) is 14.1. The molecule has 1 N–H and O–H groups in total. The van der Waals surface area contributed by atoms with Crippen molar-refractivity contribution >= 4 is 5.97 Å². The number of ether oxygens (including phenoxy) is 1. The largest absolute Gasteiger partial charge is 0.482 e. The van der Waals surface area contributed by atoms with Crippen molar-refractivity contribution < 1.29 is 14.6 Å². The summed E-state index contributed by atoms with van der Waals surface area (Å²) in [6.45, 7) is 3.63. The third-order valence-corrected chi connectivity index (χ3v) is 4.37. The van der Waals surface area contributed by atoms with E-state index < -0.39 is 5.97 Å². The van der Waals surface area contributed by atoms with Gasteiger partial charge in [-0.3, -0.25) is 4.90 Å². The van der Waals surface area contributed by atoms with Crippen LogP contribution in [0.3, 0.4) is 0 Å². The van der Waals surface area contributed by atoms with Crippen LogP contribution in [0.4, 0.5) is 0 Å². The maximum Gasteiger partial charge on any atom is 0.341 e. The molecule has 1 fully saturated rings. The molecule has 128 valence electrons. The number of imidazole rings is 1. The predicted molar refractivity (Wildman–Crippen MR) is 89.9 cm³/mol. The van der Waals surface area contributed by atoms with Crippen LogP contribution in [0.1, 0.15) is 36.0 Å². The van der Waals surface area contributed by atoms with Gasteiger partial charge in [0.25, 0.3) is 0 Å². The number of benzene rings is 1. The molecule has 6 nitrogen and oxygen atoms in total. The van der Waals surface area contributed by atoms with Gasteiger partial charge in [-0.25, -0.2) is 9.78 Å². The van der Waals surface area contributed by atoms with Gasteiger partial charge < -0.3 is 14.4 Å². The molecule has 0 aliphatic carbocycles. The number of aromatic nitrogens is 2. The van der Waals surface area contributed by atoms with E-state index in [-0.39, 0.29) is 6.61 Å². The van der Waals surface area contributed by atoms with E-state index in [2.05, 4.69) is 27.7 Å². The lowest BCUT2D eigenvalue weighted by molar-refractivity contribution is -0.139. The highest BCUT2D eigenvalue weighted by Gasteiger charge is 2.29. The first-order chi connectivity index (χ1) is 11.5. The molecular formula is C18H23N3O3. The first kappa shape index (κ1) is 16.5. The number of aliphatic carboxylic acids is 1. The van der Waals surface area contributed by atoms with Crippen LogP contribution in [0.25, 0.3) is 0 Å². The van der Waals surface area contributed by atoms with E-state index in [1.807, 2.05) is 31.2 Å². The van der Waals surface area contributed by atoms with Crippen LogP contribution in [0.2, 0.25) is 0 Å². The second-order valence-corrected chi connectivity index (χ2v) is 6.31. The lowest BCUT2D eigenvalue weighted by Crippen LogP contribution is -2.24. The fourth-order valence-electron chi connectivity index (χ4n) is 3.32. The highest BCUT2D eigenvalue weighted by atomic mass is 16.5. The van der Waals surface area contributed by atoms with Gasteiger partial charge >= 0.3 is 5.97 Å². The maximum absolute atomic E-state index is 10.5. The molecule has 0 amide bonds. The molecule has 24 heavy (non-hydrogen) atoms. The molecule has 0 spiro atoms. The molecule has 1 saturated heterocycles. The molecule has 2 aromatic rings. The number of likely N-dealkylation sites (tertiary alicyclic amines) is 1. The number of carbonyl (C=O) groups is 1. The van der Waals surface area contributed by atoms with Crippen molar-refractivity contribution in [3.63, 3.8) is 0 Å². The Morgan fingerprint density at radius 1 is 1.38 bits per heavy atom. The molecule has 3 rings (SSSR count). The average Bonchev–Trinajstić information content (AvgIpc) is 3.12. The van der Waals surface area contributed by atoms with Gasteiger partial charge in [-0.2, -0.15) is 0 Å². The van der Waals surface area contributed by atoms with Crippen LogP contribution in [0.15, 0.2) is 30.5 Å². The standard InChI is InChI=1S/C18H23N3O3/c1-13-10-20(2)18(19-13)16-4-3-9-21(16)11-14-5-7-15(8-6-14)24-12-17(22)23/h5-8,10,16H,3-4,9,11-12H2,1-2H3,(H,22,23)/t16-/m1/s1. The lowest BCUT2D eigenvalue weighted by atomic mass is 10.1. The minimum atomic E-state index is -0.968. The number of hydrogen-bond acceptors (Lipinski definition) is 4. The number of carboxylic acids is 1. The second kappa shape index (κ2) is 7.05. The fraction of sp³-hybridized carbons (Fsp3) is 0.444. The molecule has 0 radical (unpaired) electrons. The van der Waals surface area contributed by atoms with Crippen LogP contribution in [0.5, 0.6) is 5.75 Å². The Morgan fingerprint density at radius 2 is 2.12 bits per heavy atom. The van der Waals surface area contributed by atoms with Gasteiger partial charge in [-0.1, -0.05) is 12.1 Å². The van der Waals surface area contributed by atoms with Gasteiger partial charge in [-0.15, -0.1) is 0 Å². The van der Waals surface area contributed by atoms with Crippen molar-refractivity contribution in [1.29, 1.82) is 0 Å². The van der Waals surface area contributed by atoms with Crippen LogP contribution in [-0.4, -0.2) is 38.7 Å². The fourth-order valence-corrected chi connectivity index (χ4v) is 3.32. The first-order valence-corrected chi connectivity index (χ1v) is 8.20. The lowest BCUT2D eigenvalue weighted by Gasteiger charge is -2.24. The molecule has 1 aromatic heterocycles. The molecule has 6 heteroatoms. The molecular weight excluding hydrogens is 306 g/mol. The number of nitrogens with zero attached hydrogens (tertiary/aromatic N) is 3. The van der Waals surface area contributed by atoms with Crippen LogP contribution in [-0.2, 0) is 18.4 Å². The van der Waals surface area contributed by atoms with Crippen molar-refractivity contribution in [2.24, 2.45) is 7.05 Å². The minimum Gasteiger partial charge on any atom is -0.482 e. The Hall–Kier alpha value is -2.34. The number of hydrogen-bond donors (Lipinski definition) is 1. The average molecular weight is 329 g/mol. The maximum atomic E-state index is 10.5. The summed E-state index contributed by atoms with van der Waals surface area (Å²) in [6, 6.07) is 8.00. The minimum absolute atomic E-state index is 0.313. The van der Waals surface area contributed by atoms with E-state index in [0.717, 1.165) is 31.0 Å². The van der Waals surface area contributed by atoms with Crippen LogP contribution < -0.4 is 4.74 Å². The summed E-state index contributed by atoms with van der Waals surface area (Å²) in [7, 11) is 2.06. The highest BCUT2D eigenvalue weighted by molar-refractivity contribution is 5.68. The normalized spacial score (nSPS) is 18.0. The van der Waals surface area contributed by atoms with Gasteiger partial charge in [0.1, 0.15) is 11.6 Å². The van der Waals surface area contributed by atoms with E-state index in [4.69, 9.17) is 9.84 Å². The predicted octanol–water partition coefficient (Wildman–Crippen LogP) is 2.53. The monoisotopic (exact) mass is 329 g/mol. The zero-order valence-corrected chi connectivity index (χ0v) is 14.1. The molecule has 0 bridgehead atoms. The summed E-state index contributed by atoms with van der Waals surface area (Å²) in [5.74, 6) is 0.745. The van der Waals surface area contributed by atoms with Gasteiger partial charge in [0.15, 0.2) is 6.61 Å². The molecule has 0 saturated carbocycles. The molecule has 1 aliphatic heterocycles. The van der Waals surface area contributed by atoms with E-state index in [1.165, 1.54) is 12.0 Å². The van der Waals surface area contributed by atoms with E-state index in [0.29, 0.717) is 11.8 Å². The van der Waals surface area contributed by atoms with Crippen molar-refractivity contribution in [1.82, 2.24) is 14.5 Å². The van der Waals surface area contributed by atoms with E-state index >= 15 is 0 Å². The third kappa shape index (κ3) is 3.76. The van der Waals surface area contributed by atoms with Crippen molar-refractivity contribution in [2.75, 3.05) is 13.2 Å². The van der Waals surface area contributed by atoms with Gasteiger partial charge in [0, 0.05) is 19.8 Å². The summed E-state index contributed by atoms with van der Waals surface area (Å²) < 4.78 is 7.30. The topological polar surface area (TPSA) is 67.6 Å². The summed E-state index contributed by atoms with van der Waals surface area (Å²) in [4.78, 5) is 17.7. The Morgan fingerprint density at radius 3 is 2.75 bits per heavy atom. The number of rotatable bonds is 6. The Bertz CT molecular complexity index is 709. The van der Waals surface area contributed by atoms with Crippen molar-refractivity contribution in [3.8, 4) is 5.75 Å². The third-order valence-electron chi connectivity index (χ3n) is 4.37. The number of aryl methyl sites for hydroxylation is 2. The van der Waals surface area contributed by atoms with E-state index in [1.54, 1.807) is 0 Å². The Kier molecular flexibility index (Phi) is 4.85. The molecule has 0 unspecified atom stereocenters. The molecule has 1 aliphatic rings. The first-order valence-electron chi connectivity index (χ1n) is 8.20. The van der Waals surface area contributed by atoms with Crippen molar-refractivity contribution in [2.45, 2.75) is 32.4 Å². The smallest absolute Gasteiger partial charge is 0.341 e. The zero-order chi connectivity index (χ0) is 17.1. The summed E-state index contributed by atoms with van der Waals surface area (Å²) in [5, 5.41) is 8.64. The molecule has 2 heterocycles. The molecule has 1 aromatic carbocycles. The van der Waals surface area contributed by atoms with E-state index in [9.17, 15) is 4.79 Å². The van der Waals surface area contributed by atoms with Gasteiger partial charge in [0.05, 0.1) is 11.7 Å².